The second-order valence-corrected chi connectivity index (χ2v) is 4.17. The van der Waals surface area contributed by atoms with Crippen molar-refractivity contribution < 1.29 is 14.6 Å². The molecule has 0 unspecified atom stereocenters. The minimum atomic E-state index is -0.528. The Morgan fingerprint density at radius 3 is 2.95 bits per heavy atom. The normalized spacial score (nSPS) is 13.9. The molecule has 1 rings (SSSR count). The summed E-state index contributed by atoms with van der Waals surface area (Å²) in [6.07, 6.45) is 2.63. The molecule has 0 aliphatic rings. The van der Waals surface area contributed by atoms with E-state index < -0.39 is 18.0 Å². The molecule has 7 nitrogen and oxygen atoms in total. The third kappa shape index (κ3) is 4.76. The maximum atomic E-state index is 11.8. The second-order valence-electron chi connectivity index (χ2n) is 4.17. The van der Waals surface area contributed by atoms with Gasteiger partial charge in [-0.2, -0.15) is 4.98 Å². The highest BCUT2D eigenvalue weighted by molar-refractivity contribution is 5.23. The van der Waals surface area contributed by atoms with Crippen LogP contribution in [0.3, 0.4) is 0 Å². The van der Waals surface area contributed by atoms with Gasteiger partial charge in [-0.1, -0.05) is 13.0 Å². The summed E-state index contributed by atoms with van der Waals surface area (Å²) in [5.74, 6) is 0.161. The van der Waals surface area contributed by atoms with Crippen LogP contribution in [0.2, 0.25) is 0 Å². The molecule has 2 atom stereocenters. The van der Waals surface area contributed by atoms with Crippen LogP contribution >= 0.6 is 0 Å². The molecule has 0 fully saturated rings. The first-order valence-corrected chi connectivity index (χ1v) is 6.42. The van der Waals surface area contributed by atoms with E-state index in [1.54, 1.807) is 6.08 Å². The lowest BCUT2D eigenvalue weighted by atomic mass is 10.3. The maximum absolute atomic E-state index is 11.8. The fourth-order valence-electron chi connectivity index (χ4n) is 1.64. The second kappa shape index (κ2) is 8.47. The first-order chi connectivity index (χ1) is 9.62. The Hall–Kier alpha value is -1.70. The van der Waals surface area contributed by atoms with Gasteiger partial charge in [0, 0.05) is 6.20 Å². The zero-order chi connectivity index (χ0) is 15.0. The van der Waals surface area contributed by atoms with E-state index in [1.165, 1.54) is 16.8 Å². The van der Waals surface area contributed by atoms with Gasteiger partial charge in [-0.3, -0.25) is 4.57 Å². The number of aliphatic hydroxyl groups is 1. The standard InChI is InChI=1S/C13H21N3O4/c1-3-7-19-9-10(8-17)20-12(4-2)16-6-5-11(14)15-13(16)18/h3,5-6,10,12,17H,1,4,7-9H2,2H3,(H2,14,15,18)/t10-,12-/m1/s1. The summed E-state index contributed by atoms with van der Waals surface area (Å²) in [5.41, 5.74) is 4.96. The molecule has 0 amide bonds. The topological polar surface area (TPSA) is 99.6 Å². The molecule has 112 valence electrons. The Morgan fingerprint density at radius 2 is 2.40 bits per heavy atom. The average Bonchev–Trinajstić information content (AvgIpc) is 2.43. The van der Waals surface area contributed by atoms with Gasteiger partial charge in [0.05, 0.1) is 19.8 Å². The van der Waals surface area contributed by atoms with E-state index in [4.69, 9.17) is 15.2 Å². The van der Waals surface area contributed by atoms with Crippen molar-refractivity contribution in [2.75, 3.05) is 25.6 Å². The number of nitrogens with two attached hydrogens (primary N) is 1. The van der Waals surface area contributed by atoms with Crippen LogP contribution in [0.1, 0.15) is 19.6 Å². The van der Waals surface area contributed by atoms with Crippen LogP contribution in [0.5, 0.6) is 0 Å². The van der Waals surface area contributed by atoms with Crippen LogP contribution in [0.15, 0.2) is 29.7 Å². The summed E-state index contributed by atoms with van der Waals surface area (Å²) in [6, 6.07) is 1.52. The molecule has 0 spiro atoms. The van der Waals surface area contributed by atoms with Crippen molar-refractivity contribution in [1.82, 2.24) is 9.55 Å². The van der Waals surface area contributed by atoms with E-state index in [2.05, 4.69) is 11.6 Å². The van der Waals surface area contributed by atoms with E-state index in [-0.39, 0.29) is 19.0 Å². The predicted molar refractivity (Wildman–Crippen MR) is 75.2 cm³/mol. The molecule has 7 heteroatoms. The van der Waals surface area contributed by atoms with Gasteiger partial charge < -0.3 is 20.3 Å². The van der Waals surface area contributed by atoms with Crippen LogP contribution in [0.25, 0.3) is 0 Å². The largest absolute Gasteiger partial charge is 0.394 e. The van der Waals surface area contributed by atoms with Crippen LogP contribution in [-0.4, -0.2) is 40.6 Å². The number of hydrogen-bond donors (Lipinski definition) is 2. The van der Waals surface area contributed by atoms with Crippen LogP contribution in [-0.2, 0) is 9.47 Å². The molecule has 1 aromatic heterocycles. The Bertz CT molecular complexity index is 475. The van der Waals surface area contributed by atoms with Crippen LogP contribution < -0.4 is 11.4 Å². The summed E-state index contributed by atoms with van der Waals surface area (Å²) in [6.45, 7) is 5.79. The van der Waals surface area contributed by atoms with Gasteiger partial charge >= 0.3 is 5.69 Å². The van der Waals surface area contributed by atoms with Gasteiger partial charge in [0.15, 0.2) is 0 Å². The first-order valence-electron chi connectivity index (χ1n) is 6.42. The van der Waals surface area contributed by atoms with Crippen LogP contribution in [0.4, 0.5) is 5.82 Å². The molecule has 1 heterocycles. The van der Waals surface area contributed by atoms with Crippen molar-refractivity contribution in [3.8, 4) is 0 Å². The number of anilines is 1. The van der Waals surface area contributed by atoms with Crippen LogP contribution in [0, 0.1) is 0 Å². The number of ether oxygens (including phenoxy) is 2. The molecule has 0 saturated heterocycles. The number of hydrogen-bond acceptors (Lipinski definition) is 6. The highest BCUT2D eigenvalue weighted by Gasteiger charge is 2.17. The Balaban J connectivity index is 2.74. The fourth-order valence-corrected chi connectivity index (χ4v) is 1.64. The third-order valence-electron chi connectivity index (χ3n) is 2.60. The Kier molecular flexibility index (Phi) is 6.92. The summed E-state index contributed by atoms with van der Waals surface area (Å²) < 4.78 is 12.3. The van der Waals surface area contributed by atoms with Crippen molar-refractivity contribution in [2.24, 2.45) is 0 Å². The van der Waals surface area contributed by atoms with Gasteiger partial charge in [0.2, 0.25) is 0 Å². The maximum Gasteiger partial charge on any atom is 0.351 e. The zero-order valence-corrected chi connectivity index (χ0v) is 11.6. The molecule has 3 N–H and O–H groups in total. The van der Waals surface area contributed by atoms with Gasteiger partial charge in [-0.15, -0.1) is 6.58 Å². The van der Waals surface area contributed by atoms with Crippen molar-refractivity contribution in [1.29, 1.82) is 0 Å². The van der Waals surface area contributed by atoms with Gasteiger partial charge in [-0.25, -0.2) is 4.79 Å². The molecule has 0 aliphatic carbocycles. The monoisotopic (exact) mass is 283 g/mol. The highest BCUT2D eigenvalue weighted by atomic mass is 16.6. The molecule has 20 heavy (non-hydrogen) atoms. The van der Waals surface area contributed by atoms with E-state index in [0.717, 1.165) is 0 Å². The molecular formula is C13H21N3O4. The Labute approximate surface area is 117 Å². The predicted octanol–water partition coefficient (Wildman–Crippen LogP) is 0.314. The summed E-state index contributed by atoms with van der Waals surface area (Å²) in [4.78, 5) is 15.4. The number of rotatable bonds is 9. The minimum absolute atomic E-state index is 0.161. The van der Waals surface area contributed by atoms with Crippen molar-refractivity contribution in [3.05, 3.63) is 35.4 Å². The minimum Gasteiger partial charge on any atom is -0.394 e. The quantitative estimate of drug-likeness (QED) is 0.500. The van der Waals surface area contributed by atoms with E-state index >= 15 is 0 Å². The highest BCUT2D eigenvalue weighted by Crippen LogP contribution is 2.14. The molecule has 0 aromatic carbocycles. The summed E-state index contributed by atoms with van der Waals surface area (Å²) in [7, 11) is 0. The number of aromatic nitrogens is 2. The van der Waals surface area contributed by atoms with E-state index in [0.29, 0.717) is 13.0 Å². The number of nitrogen functional groups attached to an aromatic ring is 1. The molecule has 0 bridgehead atoms. The lowest BCUT2D eigenvalue weighted by molar-refractivity contribution is -0.105. The van der Waals surface area contributed by atoms with E-state index in [9.17, 15) is 9.90 Å². The average molecular weight is 283 g/mol. The van der Waals surface area contributed by atoms with Crippen molar-refractivity contribution in [3.63, 3.8) is 0 Å². The molecule has 0 aliphatic heterocycles. The van der Waals surface area contributed by atoms with E-state index in [1.807, 2.05) is 6.92 Å². The van der Waals surface area contributed by atoms with Gasteiger partial charge in [0.1, 0.15) is 18.1 Å². The number of aliphatic hydroxyl groups excluding tert-OH is 1. The molecule has 1 aromatic rings. The summed E-state index contributed by atoms with van der Waals surface area (Å²) >= 11 is 0. The molecular weight excluding hydrogens is 262 g/mol. The first kappa shape index (κ1) is 16.4. The smallest absolute Gasteiger partial charge is 0.351 e. The molecule has 0 radical (unpaired) electrons. The molecule has 0 saturated carbocycles. The van der Waals surface area contributed by atoms with Crippen molar-refractivity contribution >= 4 is 5.82 Å². The van der Waals surface area contributed by atoms with Gasteiger partial charge in [-0.05, 0) is 12.5 Å². The SMILES string of the molecule is C=CCOC[C@@H](CO)O[C@H](CC)n1ccc(N)nc1=O. The number of nitrogens with zero attached hydrogens (tertiary/aromatic N) is 2. The summed E-state index contributed by atoms with van der Waals surface area (Å²) in [5, 5.41) is 9.28. The lowest BCUT2D eigenvalue weighted by Gasteiger charge is -2.24. The zero-order valence-electron chi connectivity index (χ0n) is 11.6. The van der Waals surface area contributed by atoms with Crippen molar-refractivity contribution in [2.45, 2.75) is 25.7 Å². The lowest BCUT2D eigenvalue weighted by Crippen LogP contribution is -2.33. The Morgan fingerprint density at radius 1 is 1.65 bits per heavy atom. The fraction of sp³-hybridized carbons (Fsp3) is 0.538. The van der Waals surface area contributed by atoms with Gasteiger partial charge in [0.25, 0.3) is 0 Å². The third-order valence-corrected chi connectivity index (χ3v) is 2.60.